The Morgan fingerprint density at radius 3 is 2.52 bits per heavy atom. The van der Waals surface area contributed by atoms with E-state index in [1.165, 1.54) is 18.5 Å². The first kappa shape index (κ1) is 27.0. The van der Waals surface area contributed by atoms with Gasteiger partial charge in [-0.3, -0.25) is 10.4 Å². The van der Waals surface area contributed by atoms with Crippen molar-refractivity contribution in [2.24, 2.45) is 0 Å². The van der Waals surface area contributed by atoms with Crippen LogP contribution in [-0.2, 0) is 18.0 Å². The predicted octanol–water partition coefficient (Wildman–Crippen LogP) is 4.46. The van der Waals surface area contributed by atoms with E-state index in [0.29, 0.717) is 47.4 Å². The van der Waals surface area contributed by atoms with Crippen LogP contribution in [0.25, 0.3) is 0 Å². The lowest BCUT2D eigenvalue weighted by Crippen LogP contribution is -2.29. The molecule has 2 aromatic carbocycles. The number of ether oxygens (including phenoxy) is 3. The number of nitrogens with one attached hydrogen (secondary N) is 2. The lowest BCUT2D eigenvalue weighted by molar-refractivity contribution is 0.0904. The van der Waals surface area contributed by atoms with Crippen LogP contribution in [0.2, 0.25) is 0 Å². The van der Waals surface area contributed by atoms with E-state index < -0.39 is 5.82 Å². The third kappa shape index (κ3) is 6.68. The molecule has 5 N–H and O–H groups in total. The van der Waals surface area contributed by atoms with Gasteiger partial charge in [0.1, 0.15) is 47.6 Å². The second kappa shape index (κ2) is 12.5. The number of nitrogen functional groups attached to an aromatic ring is 1. The van der Waals surface area contributed by atoms with Crippen LogP contribution in [0.3, 0.4) is 0 Å². The lowest BCUT2D eigenvalue weighted by Gasteiger charge is -2.25. The molecule has 4 aromatic rings. The molecule has 0 amide bonds. The van der Waals surface area contributed by atoms with Crippen LogP contribution in [0, 0.1) is 11.2 Å². The molecule has 2 aromatic heterocycles. The molecule has 0 aliphatic carbocycles. The normalized spacial score (nSPS) is 13.6. The monoisotopic (exact) mass is 544 g/mol. The van der Waals surface area contributed by atoms with Crippen LogP contribution in [-0.4, -0.2) is 45.0 Å². The molecular formula is C29H29FN6O4. The fraction of sp³-hybridized carbons (Fsp3) is 0.241. The molecule has 0 spiro atoms. The van der Waals surface area contributed by atoms with Crippen molar-refractivity contribution in [2.45, 2.75) is 32.1 Å². The average molecular weight is 545 g/mol. The van der Waals surface area contributed by atoms with Gasteiger partial charge in [-0.25, -0.2) is 14.4 Å². The molecule has 0 atom stereocenters. The second-order valence-corrected chi connectivity index (χ2v) is 9.24. The van der Waals surface area contributed by atoms with Gasteiger partial charge in [0.15, 0.2) is 0 Å². The minimum absolute atomic E-state index is 0.141. The summed E-state index contributed by atoms with van der Waals surface area (Å²) < 4.78 is 31.3. The van der Waals surface area contributed by atoms with Gasteiger partial charge in [0.05, 0.1) is 23.6 Å². The van der Waals surface area contributed by atoms with Crippen molar-refractivity contribution in [2.75, 3.05) is 24.3 Å². The number of anilines is 2. The quantitative estimate of drug-likeness (QED) is 0.212. The second-order valence-electron chi connectivity index (χ2n) is 9.24. The van der Waals surface area contributed by atoms with E-state index in [-0.39, 0.29) is 36.5 Å². The highest BCUT2D eigenvalue weighted by molar-refractivity contribution is 6.16. The van der Waals surface area contributed by atoms with E-state index in [0.717, 1.165) is 18.4 Å². The van der Waals surface area contributed by atoms with Crippen LogP contribution in [0.15, 0.2) is 67.1 Å². The molecular weight excluding hydrogens is 515 g/mol. The van der Waals surface area contributed by atoms with Crippen LogP contribution in [0.5, 0.6) is 17.2 Å². The van der Waals surface area contributed by atoms with E-state index in [2.05, 4.69) is 20.3 Å². The maximum atomic E-state index is 14.3. The molecule has 0 bridgehead atoms. The summed E-state index contributed by atoms with van der Waals surface area (Å²) in [5.74, 6) is 1.22. The van der Waals surface area contributed by atoms with Crippen molar-refractivity contribution in [3.05, 3.63) is 95.3 Å². The maximum Gasteiger partial charge on any atom is 0.141 e. The number of benzene rings is 2. The van der Waals surface area contributed by atoms with Crippen molar-refractivity contribution in [1.29, 1.82) is 5.41 Å². The van der Waals surface area contributed by atoms with Gasteiger partial charge < -0.3 is 30.4 Å². The highest BCUT2D eigenvalue weighted by Gasteiger charge is 2.20. The number of aliphatic hydroxyl groups excluding tert-OH is 1. The first-order valence-electron chi connectivity index (χ1n) is 12.8. The molecule has 0 saturated carbocycles. The fourth-order valence-electron chi connectivity index (χ4n) is 4.24. The average Bonchev–Trinajstić information content (AvgIpc) is 2.97. The Morgan fingerprint density at radius 1 is 1.02 bits per heavy atom. The summed E-state index contributed by atoms with van der Waals surface area (Å²) in [5, 5.41) is 21.3. The smallest absolute Gasteiger partial charge is 0.141 e. The van der Waals surface area contributed by atoms with Gasteiger partial charge in [0, 0.05) is 54.8 Å². The maximum absolute atomic E-state index is 14.3. The number of halogens is 1. The van der Waals surface area contributed by atoms with E-state index in [1.807, 2.05) is 0 Å². The summed E-state index contributed by atoms with van der Waals surface area (Å²) >= 11 is 0. The summed E-state index contributed by atoms with van der Waals surface area (Å²) in [7, 11) is 0. The molecule has 10 nitrogen and oxygen atoms in total. The number of hydrogen-bond donors (Lipinski definition) is 4. The number of nitrogens with zero attached hydrogens (tertiary/aromatic N) is 3. The summed E-state index contributed by atoms with van der Waals surface area (Å²) in [6.45, 7) is 1.37. The number of hydrogen-bond acceptors (Lipinski definition) is 10. The van der Waals surface area contributed by atoms with E-state index in [4.69, 9.17) is 30.5 Å². The van der Waals surface area contributed by atoms with Crippen molar-refractivity contribution in [3.8, 4) is 17.2 Å². The highest BCUT2D eigenvalue weighted by Crippen LogP contribution is 2.29. The van der Waals surface area contributed by atoms with Crippen LogP contribution in [0.1, 0.15) is 35.2 Å². The Labute approximate surface area is 230 Å². The molecule has 1 fully saturated rings. The first-order chi connectivity index (χ1) is 19.5. The van der Waals surface area contributed by atoms with Gasteiger partial charge >= 0.3 is 0 Å². The molecule has 1 aliphatic heterocycles. The molecule has 206 valence electrons. The number of nitrogens with two attached hydrogens (primary N) is 1. The zero-order valence-corrected chi connectivity index (χ0v) is 21.6. The van der Waals surface area contributed by atoms with Crippen molar-refractivity contribution in [1.82, 2.24) is 15.0 Å². The summed E-state index contributed by atoms with van der Waals surface area (Å²) in [5.41, 5.74) is 8.67. The molecule has 1 aliphatic rings. The zero-order chi connectivity index (χ0) is 27.9. The van der Waals surface area contributed by atoms with Crippen molar-refractivity contribution < 1.29 is 23.7 Å². The summed E-state index contributed by atoms with van der Waals surface area (Å²) in [6, 6.07) is 14.6. The summed E-state index contributed by atoms with van der Waals surface area (Å²) in [4.78, 5) is 12.5. The van der Waals surface area contributed by atoms with Gasteiger partial charge in [-0.05, 0) is 43.2 Å². The van der Waals surface area contributed by atoms with Crippen LogP contribution < -0.4 is 20.5 Å². The Kier molecular flexibility index (Phi) is 8.43. The topological polar surface area (TPSA) is 148 Å². The van der Waals surface area contributed by atoms with Gasteiger partial charge in [0.2, 0.25) is 0 Å². The molecule has 5 rings (SSSR count). The van der Waals surface area contributed by atoms with E-state index in [9.17, 15) is 4.39 Å². The Balaban J connectivity index is 1.26. The van der Waals surface area contributed by atoms with E-state index in [1.54, 1.807) is 48.7 Å². The third-order valence-electron chi connectivity index (χ3n) is 6.37. The first-order valence-corrected chi connectivity index (χ1v) is 12.8. The third-order valence-corrected chi connectivity index (χ3v) is 6.37. The Morgan fingerprint density at radius 2 is 1.80 bits per heavy atom. The predicted molar refractivity (Wildman–Crippen MR) is 147 cm³/mol. The molecule has 0 radical (unpaired) electrons. The Bertz CT molecular complexity index is 1460. The summed E-state index contributed by atoms with van der Waals surface area (Å²) in [6.07, 6.45) is 4.65. The minimum Gasteiger partial charge on any atom is -0.489 e. The molecule has 11 heteroatoms. The van der Waals surface area contributed by atoms with Crippen LogP contribution in [0.4, 0.5) is 16.0 Å². The SMILES string of the molecule is N=C(c1ccc(Oc2cc(F)cc(OCc3ccc(CO)nc3)c2)cc1)c1c(N)ncnc1NC1CCOCC1. The van der Waals surface area contributed by atoms with Gasteiger partial charge in [-0.2, -0.15) is 0 Å². The largest absolute Gasteiger partial charge is 0.489 e. The molecule has 1 saturated heterocycles. The highest BCUT2D eigenvalue weighted by atomic mass is 19.1. The zero-order valence-electron chi connectivity index (χ0n) is 21.6. The van der Waals surface area contributed by atoms with Crippen molar-refractivity contribution in [3.63, 3.8) is 0 Å². The van der Waals surface area contributed by atoms with Gasteiger partial charge in [0.25, 0.3) is 0 Å². The number of rotatable bonds is 10. The van der Waals surface area contributed by atoms with Gasteiger partial charge in [-0.15, -0.1) is 0 Å². The molecule has 0 unspecified atom stereocenters. The molecule has 3 heterocycles. The van der Waals surface area contributed by atoms with Crippen molar-refractivity contribution >= 4 is 17.3 Å². The van der Waals surface area contributed by atoms with Gasteiger partial charge in [-0.1, -0.05) is 6.07 Å². The number of aromatic nitrogens is 3. The number of aliphatic hydroxyl groups is 1. The lowest BCUT2D eigenvalue weighted by atomic mass is 10.0. The fourth-order valence-corrected chi connectivity index (χ4v) is 4.24. The van der Waals surface area contributed by atoms with Crippen LogP contribution >= 0.6 is 0 Å². The number of pyridine rings is 1. The minimum atomic E-state index is -0.510. The molecule has 40 heavy (non-hydrogen) atoms. The standard InChI is InChI=1S/C29H29FN6O4/c30-20-11-24(39-16-18-1-4-22(15-37)33-14-18)13-25(12-20)40-23-5-2-19(3-6-23)27(31)26-28(32)34-17-35-29(26)36-21-7-9-38-10-8-21/h1-6,11-14,17,21,31,37H,7-10,15-16H2,(H3,32,34,35,36). The van der Waals surface area contributed by atoms with E-state index >= 15 is 0 Å². The Hall–Kier alpha value is -4.61.